The van der Waals surface area contributed by atoms with E-state index in [0.29, 0.717) is 5.75 Å². The maximum atomic E-state index is 11.9. The number of amidine groups is 1. The molecule has 0 saturated heterocycles. The number of rotatable bonds is 3. The molecule has 1 aromatic heterocycles. The second kappa shape index (κ2) is 6.28. The van der Waals surface area contributed by atoms with Gasteiger partial charge in [-0.3, -0.25) is 14.8 Å². The quantitative estimate of drug-likeness (QED) is 0.885. The predicted molar refractivity (Wildman–Crippen MR) is 85.4 cm³/mol. The molecule has 0 bridgehead atoms. The van der Waals surface area contributed by atoms with Gasteiger partial charge in [0.2, 0.25) is 5.91 Å². The van der Waals surface area contributed by atoms with Gasteiger partial charge in [-0.15, -0.1) is 11.8 Å². The van der Waals surface area contributed by atoms with Gasteiger partial charge in [0.25, 0.3) is 0 Å². The highest BCUT2D eigenvalue weighted by Crippen LogP contribution is 2.25. The van der Waals surface area contributed by atoms with Gasteiger partial charge in [-0.05, 0) is 12.1 Å². The van der Waals surface area contributed by atoms with Crippen molar-refractivity contribution in [2.24, 2.45) is 4.99 Å². The number of pyridine rings is 1. The van der Waals surface area contributed by atoms with Crippen LogP contribution in [0.1, 0.15) is 0 Å². The Hall–Kier alpha value is -1.53. The molecule has 0 fully saturated rings. The van der Waals surface area contributed by atoms with Crippen molar-refractivity contribution >= 4 is 45.5 Å². The number of nitrogens with one attached hydrogen (secondary N) is 1. The van der Waals surface area contributed by atoms with Crippen LogP contribution in [0.15, 0.2) is 46.4 Å². The van der Waals surface area contributed by atoms with Crippen LogP contribution in [0.3, 0.4) is 0 Å². The Kier molecular flexibility index (Phi) is 4.22. The van der Waals surface area contributed by atoms with E-state index in [4.69, 9.17) is 0 Å². The fourth-order valence-electron chi connectivity index (χ4n) is 1.90. The molecule has 2 heterocycles. The van der Waals surface area contributed by atoms with Crippen molar-refractivity contribution in [3.8, 4) is 0 Å². The average molecular weight is 303 g/mol. The van der Waals surface area contributed by atoms with Crippen molar-refractivity contribution in [2.75, 3.05) is 18.1 Å². The summed E-state index contributed by atoms with van der Waals surface area (Å²) in [7, 11) is 0. The fourth-order valence-corrected chi connectivity index (χ4v) is 3.49. The van der Waals surface area contributed by atoms with Gasteiger partial charge in [0.15, 0.2) is 5.17 Å². The van der Waals surface area contributed by atoms with Crippen LogP contribution < -0.4 is 5.32 Å². The summed E-state index contributed by atoms with van der Waals surface area (Å²) in [6.45, 7) is 0.792. The predicted octanol–water partition coefficient (Wildman–Crippen LogP) is 2.55. The minimum atomic E-state index is -0.0175. The molecule has 20 heavy (non-hydrogen) atoms. The van der Waals surface area contributed by atoms with Crippen molar-refractivity contribution in [1.29, 1.82) is 0 Å². The lowest BCUT2D eigenvalue weighted by molar-refractivity contribution is -0.117. The Balaban J connectivity index is 1.66. The van der Waals surface area contributed by atoms with Crippen LogP contribution in [0.4, 0.5) is 0 Å². The van der Waals surface area contributed by atoms with Crippen molar-refractivity contribution in [2.45, 2.75) is 4.90 Å². The minimum absolute atomic E-state index is 0.0175. The molecule has 1 N–H and O–H groups in total. The summed E-state index contributed by atoms with van der Waals surface area (Å²) in [6, 6.07) is 9.95. The van der Waals surface area contributed by atoms with Crippen LogP contribution in [-0.2, 0) is 4.79 Å². The first-order valence-electron chi connectivity index (χ1n) is 6.26. The zero-order chi connectivity index (χ0) is 13.8. The topological polar surface area (TPSA) is 54.4 Å². The molecule has 1 amide bonds. The lowest BCUT2D eigenvalue weighted by atomic mass is 10.2. The van der Waals surface area contributed by atoms with Crippen LogP contribution in [0.5, 0.6) is 0 Å². The number of carbonyl (C=O) groups excluding carboxylic acids is 1. The standard InChI is InChI=1S/C14H13N3OS2/c18-12(17-14-16-7-8-19-14)9-20-11-5-1-3-10-4-2-6-15-13(10)11/h1-6H,7-9H2,(H,16,17,18). The van der Waals surface area contributed by atoms with Crippen molar-refractivity contribution in [3.63, 3.8) is 0 Å². The third-order valence-electron chi connectivity index (χ3n) is 2.79. The number of thioether (sulfide) groups is 2. The second-order valence-corrected chi connectivity index (χ2v) is 6.30. The summed E-state index contributed by atoms with van der Waals surface area (Å²) in [5.41, 5.74) is 0.945. The molecule has 0 unspecified atom stereocenters. The van der Waals surface area contributed by atoms with E-state index in [-0.39, 0.29) is 5.91 Å². The van der Waals surface area contributed by atoms with Crippen molar-refractivity contribution < 1.29 is 4.79 Å². The van der Waals surface area contributed by atoms with Crippen LogP contribution in [0.25, 0.3) is 10.9 Å². The van der Waals surface area contributed by atoms with Gasteiger partial charge < -0.3 is 5.32 Å². The van der Waals surface area contributed by atoms with Gasteiger partial charge in [0.05, 0.1) is 17.8 Å². The molecular formula is C14H13N3OS2. The van der Waals surface area contributed by atoms with E-state index in [0.717, 1.165) is 33.3 Å². The number of para-hydroxylation sites is 1. The number of fused-ring (bicyclic) bond motifs is 1. The summed E-state index contributed by atoms with van der Waals surface area (Å²) in [4.78, 5) is 21.5. The Bertz CT molecular complexity index is 667. The molecule has 4 nitrogen and oxygen atoms in total. The average Bonchev–Trinajstić information content (AvgIpc) is 2.98. The van der Waals surface area contributed by atoms with Crippen LogP contribution in [0.2, 0.25) is 0 Å². The van der Waals surface area contributed by atoms with Gasteiger partial charge in [-0.2, -0.15) is 0 Å². The third-order valence-corrected chi connectivity index (χ3v) is 4.72. The highest BCUT2D eigenvalue weighted by molar-refractivity contribution is 8.14. The largest absolute Gasteiger partial charge is 0.305 e. The monoisotopic (exact) mass is 303 g/mol. The molecular weight excluding hydrogens is 290 g/mol. The smallest absolute Gasteiger partial charge is 0.236 e. The Labute approximate surface area is 125 Å². The first-order valence-corrected chi connectivity index (χ1v) is 8.24. The highest BCUT2D eigenvalue weighted by Gasteiger charge is 2.11. The molecule has 0 atom stereocenters. The lowest BCUT2D eigenvalue weighted by Gasteiger charge is -2.06. The van der Waals surface area contributed by atoms with E-state index in [1.807, 2.05) is 30.3 Å². The zero-order valence-corrected chi connectivity index (χ0v) is 12.3. The number of hydrogen-bond acceptors (Lipinski definition) is 5. The number of nitrogens with zero attached hydrogens (tertiary/aromatic N) is 2. The van der Waals surface area contributed by atoms with Crippen LogP contribution >= 0.6 is 23.5 Å². The minimum Gasteiger partial charge on any atom is -0.305 e. The number of amides is 1. The molecule has 1 aromatic carbocycles. The van der Waals surface area contributed by atoms with E-state index >= 15 is 0 Å². The molecule has 102 valence electrons. The van der Waals surface area contributed by atoms with E-state index in [2.05, 4.69) is 15.3 Å². The van der Waals surface area contributed by atoms with E-state index in [9.17, 15) is 4.79 Å². The molecule has 1 aliphatic rings. The zero-order valence-electron chi connectivity index (χ0n) is 10.7. The van der Waals surface area contributed by atoms with E-state index in [1.165, 1.54) is 11.8 Å². The summed E-state index contributed by atoms with van der Waals surface area (Å²) in [6.07, 6.45) is 1.77. The molecule has 3 rings (SSSR count). The highest BCUT2D eigenvalue weighted by atomic mass is 32.2. The molecule has 0 radical (unpaired) electrons. The molecule has 6 heteroatoms. The van der Waals surface area contributed by atoms with Gasteiger partial charge in [-0.25, -0.2) is 0 Å². The van der Waals surface area contributed by atoms with Gasteiger partial charge >= 0.3 is 0 Å². The van der Waals surface area contributed by atoms with Crippen LogP contribution in [-0.4, -0.2) is 34.1 Å². The summed E-state index contributed by atoms with van der Waals surface area (Å²) in [5, 5.41) is 4.66. The summed E-state index contributed by atoms with van der Waals surface area (Å²) in [5.74, 6) is 1.31. The second-order valence-electron chi connectivity index (χ2n) is 4.20. The molecule has 0 aliphatic carbocycles. The van der Waals surface area contributed by atoms with E-state index < -0.39 is 0 Å². The van der Waals surface area contributed by atoms with Crippen molar-refractivity contribution in [1.82, 2.24) is 10.3 Å². The van der Waals surface area contributed by atoms with Gasteiger partial charge in [-0.1, -0.05) is 30.0 Å². The Morgan fingerprint density at radius 1 is 1.35 bits per heavy atom. The maximum absolute atomic E-state index is 11.9. The Morgan fingerprint density at radius 3 is 3.10 bits per heavy atom. The Morgan fingerprint density at radius 2 is 2.25 bits per heavy atom. The maximum Gasteiger partial charge on any atom is 0.236 e. The summed E-state index contributed by atoms with van der Waals surface area (Å²) < 4.78 is 0. The number of benzene rings is 1. The SMILES string of the molecule is O=C(CSc1cccc2cccnc12)NC1=NCCS1. The van der Waals surface area contributed by atoms with Gasteiger partial charge in [0, 0.05) is 22.2 Å². The normalized spacial score (nSPS) is 14.3. The third kappa shape index (κ3) is 3.13. The summed E-state index contributed by atoms with van der Waals surface area (Å²) >= 11 is 3.09. The lowest BCUT2D eigenvalue weighted by Crippen LogP contribution is -2.28. The fraction of sp³-hybridized carbons (Fsp3) is 0.214. The van der Waals surface area contributed by atoms with Crippen molar-refractivity contribution in [3.05, 3.63) is 36.5 Å². The molecule has 0 spiro atoms. The molecule has 1 aliphatic heterocycles. The first-order chi connectivity index (χ1) is 9.83. The van der Waals surface area contributed by atoms with E-state index in [1.54, 1.807) is 18.0 Å². The number of hydrogen-bond donors (Lipinski definition) is 1. The molecule has 2 aromatic rings. The molecule has 0 saturated carbocycles. The number of aliphatic imine (C=N–C) groups is 1. The van der Waals surface area contributed by atoms with Crippen LogP contribution in [0, 0.1) is 0 Å². The number of aromatic nitrogens is 1. The van der Waals surface area contributed by atoms with Gasteiger partial charge in [0.1, 0.15) is 0 Å². The number of carbonyl (C=O) groups is 1. The first kappa shape index (κ1) is 13.5.